The SMILES string of the molecule is c1nsc(SCCNC2CCCCCC2)n1. The molecule has 0 amide bonds. The summed E-state index contributed by atoms with van der Waals surface area (Å²) in [5.41, 5.74) is 0. The van der Waals surface area contributed by atoms with E-state index in [2.05, 4.69) is 14.7 Å². The van der Waals surface area contributed by atoms with Crippen LogP contribution in [0.3, 0.4) is 0 Å². The van der Waals surface area contributed by atoms with E-state index in [-0.39, 0.29) is 0 Å². The van der Waals surface area contributed by atoms with Crippen molar-refractivity contribution in [1.82, 2.24) is 14.7 Å². The van der Waals surface area contributed by atoms with Gasteiger partial charge in [-0.2, -0.15) is 4.37 Å². The van der Waals surface area contributed by atoms with E-state index in [0.717, 1.165) is 22.7 Å². The quantitative estimate of drug-likeness (QED) is 0.500. The number of rotatable bonds is 5. The highest BCUT2D eigenvalue weighted by atomic mass is 32.2. The summed E-state index contributed by atoms with van der Waals surface area (Å²) in [7, 11) is 0. The van der Waals surface area contributed by atoms with E-state index in [4.69, 9.17) is 0 Å². The van der Waals surface area contributed by atoms with E-state index in [1.807, 2.05) is 0 Å². The van der Waals surface area contributed by atoms with Gasteiger partial charge in [0.15, 0.2) is 4.34 Å². The van der Waals surface area contributed by atoms with Crippen molar-refractivity contribution in [3.05, 3.63) is 6.33 Å². The van der Waals surface area contributed by atoms with E-state index in [1.165, 1.54) is 50.1 Å². The second-order valence-corrected chi connectivity index (χ2v) is 6.32. The minimum Gasteiger partial charge on any atom is -0.313 e. The van der Waals surface area contributed by atoms with Crippen LogP contribution in [-0.2, 0) is 0 Å². The number of nitrogens with one attached hydrogen (secondary N) is 1. The molecule has 1 aliphatic carbocycles. The molecule has 0 aliphatic heterocycles. The second kappa shape index (κ2) is 7.25. The minimum absolute atomic E-state index is 0.762. The zero-order valence-corrected chi connectivity index (χ0v) is 11.2. The molecule has 0 spiro atoms. The third-order valence-electron chi connectivity index (χ3n) is 2.96. The monoisotopic (exact) mass is 257 g/mol. The van der Waals surface area contributed by atoms with Crippen molar-refractivity contribution in [2.75, 3.05) is 12.3 Å². The summed E-state index contributed by atoms with van der Waals surface area (Å²) in [5.74, 6) is 1.10. The highest BCUT2D eigenvalue weighted by molar-refractivity contribution is 8.00. The standard InChI is InChI=1S/C11H19N3S2/c1-2-4-6-10(5-3-1)12-7-8-15-11-13-9-14-16-11/h9-10,12H,1-8H2. The van der Waals surface area contributed by atoms with Crippen LogP contribution in [0.5, 0.6) is 0 Å². The highest BCUT2D eigenvalue weighted by Gasteiger charge is 2.10. The van der Waals surface area contributed by atoms with Crippen LogP contribution in [0, 0.1) is 0 Å². The first-order valence-electron chi connectivity index (χ1n) is 6.08. The summed E-state index contributed by atoms with van der Waals surface area (Å²) in [5, 5.41) is 3.66. The van der Waals surface area contributed by atoms with Gasteiger partial charge in [0.25, 0.3) is 0 Å². The Kier molecular flexibility index (Phi) is 5.58. The third kappa shape index (κ3) is 4.39. The largest absolute Gasteiger partial charge is 0.313 e. The average molecular weight is 257 g/mol. The molecule has 16 heavy (non-hydrogen) atoms. The lowest BCUT2D eigenvalue weighted by Crippen LogP contribution is -2.30. The van der Waals surface area contributed by atoms with Gasteiger partial charge in [-0.15, -0.1) is 0 Å². The van der Waals surface area contributed by atoms with E-state index < -0.39 is 0 Å². The zero-order valence-electron chi connectivity index (χ0n) is 9.52. The Labute approximate surface area is 106 Å². The van der Waals surface area contributed by atoms with Gasteiger partial charge in [-0.25, -0.2) is 4.98 Å². The summed E-state index contributed by atoms with van der Waals surface area (Å²) in [6.07, 6.45) is 10.0. The van der Waals surface area contributed by atoms with Crippen LogP contribution in [0.1, 0.15) is 38.5 Å². The van der Waals surface area contributed by atoms with Gasteiger partial charge in [0.05, 0.1) is 0 Å². The molecule has 1 heterocycles. The zero-order chi connectivity index (χ0) is 11.1. The Hall–Kier alpha value is -0.130. The molecule has 1 aromatic rings. The number of hydrogen-bond acceptors (Lipinski definition) is 5. The topological polar surface area (TPSA) is 37.8 Å². The molecular weight excluding hydrogens is 238 g/mol. The molecule has 1 aromatic heterocycles. The molecule has 0 unspecified atom stereocenters. The number of nitrogens with zero attached hydrogens (tertiary/aromatic N) is 2. The molecule has 1 N–H and O–H groups in total. The van der Waals surface area contributed by atoms with Crippen LogP contribution in [0.2, 0.25) is 0 Å². The lowest BCUT2D eigenvalue weighted by Gasteiger charge is -2.15. The predicted octanol–water partition coefficient (Wildman–Crippen LogP) is 2.94. The fourth-order valence-electron chi connectivity index (χ4n) is 2.11. The van der Waals surface area contributed by atoms with Gasteiger partial charge in [-0.3, -0.25) is 0 Å². The van der Waals surface area contributed by atoms with E-state index in [1.54, 1.807) is 18.1 Å². The molecule has 90 valence electrons. The van der Waals surface area contributed by atoms with Gasteiger partial charge >= 0.3 is 0 Å². The van der Waals surface area contributed by atoms with Crippen molar-refractivity contribution >= 4 is 23.3 Å². The third-order valence-corrected chi connectivity index (χ3v) is 4.76. The first-order valence-corrected chi connectivity index (χ1v) is 7.84. The van der Waals surface area contributed by atoms with Gasteiger partial charge in [-0.05, 0) is 24.4 Å². The Morgan fingerprint density at radius 3 is 2.81 bits per heavy atom. The maximum atomic E-state index is 4.16. The molecular formula is C11H19N3S2. The van der Waals surface area contributed by atoms with Crippen LogP contribution in [0.4, 0.5) is 0 Å². The average Bonchev–Trinajstić information content (AvgIpc) is 2.68. The van der Waals surface area contributed by atoms with Crippen molar-refractivity contribution in [2.24, 2.45) is 0 Å². The molecule has 0 saturated heterocycles. The summed E-state index contributed by atoms with van der Waals surface area (Å²) in [6.45, 7) is 1.09. The fourth-order valence-corrected chi connectivity index (χ4v) is 3.50. The molecule has 0 bridgehead atoms. The lowest BCUT2D eigenvalue weighted by molar-refractivity contribution is 0.474. The van der Waals surface area contributed by atoms with Crippen LogP contribution in [0.25, 0.3) is 0 Å². The number of aromatic nitrogens is 2. The lowest BCUT2D eigenvalue weighted by atomic mass is 10.1. The second-order valence-electron chi connectivity index (χ2n) is 4.20. The smallest absolute Gasteiger partial charge is 0.169 e. The van der Waals surface area contributed by atoms with Gasteiger partial charge < -0.3 is 5.32 Å². The Morgan fingerprint density at radius 2 is 2.12 bits per heavy atom. The Bertz CT molecular complexity index is 269. The van der Waals surface area contributed by atoms with Gasteiger partial charge in [0, 0.05) is 18.3 Å². The minimum atomic E-state index is 0.762. The van der Waals surface area contributed by atoms with Crippen LogP contribution >= 0.6 is 23.3 Å². The summed E-state index contributed by atoms with van der Waals surface area (Å²) in [6, 6.07) is 0.762. The fraction of sp³-hybridized carbons (Fsp3) is 0.818. The molecule has 0 radical (unpaired) electrons. The first kappa shape index (κ1) is 12.3. The number of hydrogen-bond donors (Lipinski definition) is 1. The highest BCUT2D eigenvalue weighted by Crippen LogP contribution is 2.19. The summed E-state index contributed by atoms with van der Waals surface area (Å²) >= 11 is 3.29. The Morgan fingerprint density at radius 1 is 1.31 bits per heavy atom. The van der Waals surface area contributed by atoms with E-state index >= 15 is 0 Å². The van der Waals surface area contributed by atoms with Gasteiger partial charge in [0.1, 0.15) is 6.33 Å². The van der Waals surface area contributed by atoms with E-state index in [0.29, 0.717) is 0 Å². The van der Waals surface area contributed by atoms with Crippen LogP contribution in [0.15, 0.2) is 10.7 Å². The van der Waals surface area contributed by atoms with Crippen LogP contribution in [-0.4, -0.2) is 27.7 Å². The van der Waals surface area contributed by atoms with Crippen molar-refractivity contribution in [3.63, 3.8) is 0 Å². The molecule has 0 atom stereocenters. The molecule has 2 rings (SSSR count). The van der Waals surface area contributed by atoms with Gasteiger partial charge in [-0.1, -0.05) is 37.4 Å². The molecule has 5 heteroatoms. The summed E-state index contributed by atoms with van der Waals surface area (Å²) < 4.78 is 5.08. The molecule has 3 nitrogen and oxygen atoms in total. The normalized spacial score (nSPS) is 18.5. The van der Waals surface area contributed by atoms with Crippen molar-refractivity contribution in [3.8, 4) is 0 Å². The van der Waals surface area contributed by atoms with Crippen LogP contribution < -0.4 is 5.32 Å². The summed E-state index contributed by atoms with van der Waals surface area (Å²) in [4.78, 5) is 4.16. The molecule has 1 fully saturated rings. The predicted molar refractivity (Wildman–Crippen MR) is 70.1 cm³/mol. The molecule has 1 aliphatic rings. The maximum absolute atomic E-state index is 4.16. The Balaban J connectivity index is 1.56. The molecule has 0 aromatic carbocycles. The van der Waals surface area contributed by atoms with E-state index in [9.17, 15) is 0 Å². The van der Waals surface area contributed by atoms with Crippen molar-refractivity contribution in [1.29, 1.82) is 0 Å². The van der Waals surface area contributed by atoms with Crippen molar-refractivity contribution in [2.45, 2.75) is 48.9 Å². The van der Waals surface area contributed by atoms with Gasteiger partial charge in [0.2, 0.25) is 0 Å². The molecule has 1 saturated carbocycles. The first-order chi connectivity index (χ1) is 7.95. The maximum Gasteiger partial charge on any atom is 0.169 e. The van der Waals surface area contributed by atoms with Crippen molar-refractivity contribution < 1.29 is 0 Å². The number of thioether (sulfide) groups is 1.